The summed E-state index contributed by atoms with van der Waals surface area (Å²) in [7, 11) is 4.54. The fourth-order valence-corrected chi connectivity index (χ4v) is 3.73. The number of nitrogens with two attached hydrogens (primary N) is 1. The molecule has 1 saturated carbocycles. The van der Waals surface area contributed by atoms with Crippen molar-refractivity contribution in [3.63, 3.8) is 0 Å². The maximum atomic E-state index is 6.35. The summed E-state index contributed by atoms with van der Waals surface area (Å²) >= 11 is 0. The van der Waals surface area contributed by atoms with Crippen LogP contribution in [0.5, 0.6) is 0 Å². The standard InChI is InChI=1S/C15H31N3/c1-15(2)8-7-13(16)14(10-15)18(4)11-12-6-5-9-17(12)3/h12-14H,5-11,16H2,1-4H3. The third kappa shape index (κ3) is 3.25. The highest BCUT2D eigenvalue weighted by Crippen LogP contribution is 2.36. The quantitative estimate of drug-likeness (QED) is 0.834. The summed E-state index contributed by atoms with van der Waals surface area (Å²) in [6.07, 6.45) is 6.43. The fraction of sp³-hybridized carbons (Fsp3) is 1.00. The van der Waals surface area contributed by atoms with Gasteiger partial charge in [-0.25, -0.2) is 0 Å². The first-order chi connectivity index (χ1) is 8.39. The second-order valence-corrected chi connectivity index (χ2v) is 7.35. The number of rotatable bonds is 3. The van der Waals surface area contributed by atoms with E-state index in [4.69, 9.17) is 5.73 Å². The van der Waals surface area contributed by atoms with Crippen molar-refractivity contribution in [3.05, 3.63) is 0 Å². The minimum atomic E-state index is 0.370. The monoisotopic (exact) mass is 253 g/mol. The van der Waals surface area contributed by atoms with Crippen molar-refractivity contribution in [2.45, 2.75) is 64.1 Å². The van der Waals surface area contributed by atoms with Gasteiger partial charge in [-0.2, -0.15) is 0 Å². The molecule has 3 heteroatoms. The third-order valence-electron chi connectivity index (χ3n) is 5.15. The minimum absolute atomic E-state index is 0.370. The van der Waals surface area contributed by atoms with E-state index < -0.39 is 0 Å². The zero-order valence-electron chi connectivity index (χ0n) is 12.7. The maximum absolute atomic E-state index is 6.35. The highest BCUT2D eigenvalue weighted by Gasteiger charge is 2.36. The highest BCUT2D eigenvalue weighted by atomic mass is 15.2. The molecule has 0 radical (unpaired) electrons. The summed E-state index contributed by atoms with van der Waals surface area (Å²) in [6, 6.07) is 1.68. The van der Waals surface area contributed by atoms with Gasteiger partial charge in [-0.05, 0) is 58.2 Å². The zero-order chi connectivity index (χ0) is 13.3. The van der Waals surface area contributed by atoms with Gasteiger partial charge in [0.2, 0.25) is 0 Å². The summed E-state index contributed by atoms with van der Waals surface area (Å²) in [4.78, 5) is 5.05. The molecule has 1 aliphatic heterocycles. The third-order valence-corrected chi connectivity index (χ3v) is 5.15. The van der Waals surface area contributed by atoms with Gasteiger partial charge in [0.1, 0.15) is 0 Å². The van der Waals surface area contributed by atoms with Crippen molar-refractivity contribution in [1.82, 2.24) is 9.80 Å². The number of likely N-dealkylation sites (N-methyl/N-ethyl adjacent to an activating group) is 2. The number of nitrogens with zero attached hydrogens (tertiary/aromatic N) is 2. The van der Waals surface area contributed by atoms with Crippen LogP contribution < -0.4 is 5.73 Å². The van der Waals surface area contributed by atoms with Gasteiger partial charge >= 0.3 is 0 Å². The van der Waals surface area contributed by atoms with E-state index in [1.54, 1.807) is 0 Å². The van der Waals surface area contributed by atoms with E-state index in [9.17, 15) is 0 Å². The van der Waals surface area contributed by atoms with Crippen LogP contribution in [0, 0.1) is 5.41 Å². The SMILES string of the molecule is CN1CCCC1CN(C)C1CC(C)(C)CCC1N. The first-order valence-corrected chi connectivity index (χ1v) is 7.55. The van der Waals surface area contributed by atoms with E-state index >= 15 is 0 Å². The Hall–Kier alpha value is -0.120. The predicted molar refractivity (Wildman–Crippen MR) is 77.7 cm³/mol. The Morgan fingerprint density at radius 3 is 2.67 bits per heavy atom. The Morgan fingerprint density at radius 1 is 1.33 bits per heavy atom. The Bertz CT molecular complexity index is 277. The summed E-state index contributed by atoms with van der Waals surface area (Å²) < 4.78 is 0. The molecule has 106 valence electrons. The molecule has 3 nitrogen and oxygen atoms in total. The van der Waals surface area contributed by atoms with Crippen LogP contribution in [0.4, 0.5) is 0 Å². The molecule has 1 aliphatic carbocycles. The van der Waals surface area contributed by atoms with Crippen molar-refractivity contribution in [2.24, 2.45) is 11.1 Å². The predicted octanol–water partition coefficient (Wildman–Crippen LogP) is 1.92. The Balaban J connectivity index is 1.92. The largest absolute Gasteiger partial charge is 0.326 e. The lowest BCUT2D eigenvalue weighted by Gasteiger charge is -2.44. The van der Waals surface area contributed by atoms with Crippen LogP contribution in [0.25, 0.3) is 0 Å². The van der Waals surface area contributed by atoms with Crippen molar-refractivity contribution < 1.29 is 0 Å². The van der Waals surface area contributed by atoms with Crippen molar-refractivity contribution in [3.8, 4) is 0 Å². The molecule has 1 saturated heterocycles. The van der Waals surface area contributed by atoms with Gasteiger partial charge in [0.05, 0.1) is 0 Å². The summed E-state index contributed by atoms with van der Waals surface area (Å²) in [5, 5.41) is 0. The average Bonchev–Trinajstić information content (AvgIpc) is 2.68. The van der Waals surface area contributed by atoms with Crippen molar-refractivity contribution >= 4 is 0 Å². The molecule has 2 aliphatic rings. The molecule has 0 amide bonds. The van der Waals surface area contributed by atoms with Crippen LogP contribution in [0.2, 0.25) is 0 Å². The number of hydrogen-bond acceptors (Lipinski definition) is 3. The van der Waals surface area contributed by atoms with Gasteiger partial charge in [0, 0.05) is 24.7 Å². The molecule has 3 atom stereocenters. The van der Waals surface area contributed by atoms with E-state index in [0.717, 1.165) is 6.04 Å². The number of hydrogen-bond donors (Lipinski definition) is 1. The van der Waals surface area contributed by atoms with E-state index in [0.29, 0.717) is 17.5 Å². The molecule has 2 rings (SSSR count). The molecule has 0 bridgehead atoms. The summed E-state index contributed by atoms with van der Waals surface area (Å²) in [6.45, 7) is 7.23. The Morgan fingerprint density at radius 2 is 2.06 bits per heavy atom. The Kier molecular flexibility index (Phi) is 4.35. The van der Waals surface area contributed by atoms with Crippen molar-refractivity contribution in [2.75, 3.05) is 27.2 Å². The lowest BCUT2D eigenvalue weighted by atomic mass is 9.72. The van der Waals surface area contributed by atoms with E-state index in [1.165, 1.54) is 45.2 Å². The fourth-order valence-electron chi connectivity index (χ4n) is 3.73. The van der Waals surface area contributed by atoms with Gasteiger partial charge in [0.15, 0.2) is 0 Å². The van der Waals surface area contributed by atoms with Crippen LogP contribution in [0.3, 0.4) is 0 Å². The van der Waals surface area contributed by atoms with Gasteiger partial charge in [0.25, 0.3) is 0 Å². The van der Waals surface area contributed by atoms with E-state index in [2.05, 4.69) is 37.7 Å². The molecule has 2 N–H and O–H groups in total. The molecule has 0 aromatic heterocycles. The lowest BCUT2D eigenvalue weighted by molar-refractivity contribution is 0.0801. The van der Waals surface area contributed by atoms with Crippen LogP contribution in [-0.2, 0) is 0 Å². The molecule has 0 aromatic carbocycles. The second kappa shape index (κ2) is 5.48. The lowest BCUT2D eigenvalue weighted by Crippen LogP contribution is -2.53. The van der Waals surface area contributed by atoms with Gasteiger partial charge in [-0.15, -0.1) is 0 Å². The average molecular weight is 253 g/mol. The molecular weight excluding hydrogens is 222 g/mol. The van der Waals surface area contributed by atoms with Gasteiger partial charge < -0.3 is 15.5 Å². The van der Waals surface area contributed by atoms with Crippen molar-refractivity contribution in [1.29, 1.82) is 0 Å². The van der Waals surface area contributed by atoms with Crippen LogP contribution in [-0.4, -0.2) is 55.1 Å². The highest BCUT2D eigenvalue weighted by molar-refractivity contribution is 4.93. The molecule has 18 heavy (non-hydrogen) atoms. The smallest absolute Gasteiger partial charge is 0.0249 e. The Labute approximate surface area is 113 Å². The molecule has 2 fully saturated rings. The molecule has 0 aromatic rings. The topological polar surface area (TPSA) is 32.5 Å². The van der Waals surface area contributed by atoms with Crippen LogP contribution in [0.1, 0.15) is 46.0 Å². The molecule has 1 heterocycles. The van der Waals surface area contributed by atoms with E-state index in [-0.39, 0.29) is 0 Å². The second-order valence-electron chi connectivity index (χ2n) is 7.35. The maximum Gasteiger partial charge on any atom is 0.0249 e. The van der Waals surface area contributed by atoms with Crippen LogP contribution in [0.15, 0.2) is 0 Å². The first kappa shape index (κ1) is 14.3. The van der Waals surface area contributed by atoms with Crippen LogP contribution >= 0.6 is 0 Å². The zero-order valence-corrected chi connectivity index (χ0v) is 12.7. The number of likely N-dealkylation sites (tertiary alicyclic amines) is 1. The normalized spacial score (nSPS) is 37.3. The molecule has 3 unspecified atom stereocenters. The van der Waals surface area contributed by atoms with Gasteiger partial charge in [-0.1, -0.05) is 13.8 Å². The first-order valence-electron chi connectivity index (χ1n) is 7.55. The van der Waals surface area contributed by atoms with Gasteiger partial charge in [-0.3, -0.25) is 0 Å². The molecular formula is C15H31N3. The summed E-state index contributed by atoms with van der Waals surface area (Å²) in [5.41, 5.74) is 6.82. The molecule has 0 spiro atoms. The summed E-state index contributed by atoms with van der Waals surface area (Å²) in [5.74, 6) is 0. The minimum Gasteiger partial charge on any atom is -0.326 e. The van der Waals surface area contributed by atoms with E-state index in [1.807, 2.05) is 0 Å².